The summed E-state index contributed by atoms with van der Waals surface area (Å²) < 4.78 is 1.65. The van der Waals surface area contributed by atoms with Crippen molar-refractivity contribution in [3.8, 4) is 16.9 Å². The first kappa shape index (κ1) is 19.3. The maximum atomic E-state index is 12.9. The number of carbonyl (C=O) groups excluding carboxylic acids is 2. The normalized spacial score (nSPS) is 11.6. The third-order valence-corrected chi connectivity index (χ3v) is 4.20. The van der Waals surface area contributed by atoms with Crippen molar-refractivity contribution in [2.75, 3.05) is 6.54 Å². The van der Waals surface area contributed by atoms with Crippen molar-refractivity contribution in [1.29, 1.82) is 0 Å². The Morgan fingerprint density at radius 1 is 1.14 bits per heavy atom. The quantitative estimate of drug-likeness (QED) is 0.662. The summed E-state index contributed by atoms with van der Waals surface area (Å²) in [5.41, 5.74) is 2.45. The molecule has 3 aromatic rings. The van der Waals surface area contributed by atoms with E-state index in [1.807, 2.05) is 43.3 Å². The second-order valence-corrected chi connectivity index (χ2v) is 6.40. The van der Waals surface area contributed by atoms with Gasteiger partial charge in [-0.15, -0.1) is 0 Å². The van der Waals surface area contributed by atoms with Crippen molar-refractivity contribution in [1.82, 2.24) is 25.4 Å². The third-order valence-electron chi connectivity index (χ3n) is 4.20. The van der Waals surface area contributed by atoms with E-state index in [4.69, 9.17) is 0 Å². The summed E-state index contributed by atoms with van der Waals surface area (Å²) in [5.74, 6) is -0.575. The molecule has 0 saturated carbocycles. The molecule has 0 unspecified atom stereocenters. The largest absolute Gasteiger partial charge is 0.354 e. The van der Waals surface area contributed by atoms with Crippen LogP contribution in [0.15, 0.2) is 61.1 Å². The number of para-hydroxylation sites is 1. The van der Waals surface area contributed by atoms with Crippen LogP contribution in [0.2, 0.25) is 0 Å². The minimum atomic E-state index is -0.652. The zero-order chi connectivity index (χ0) is 19.9. The summed E-state index contributed by atoms with van der Waals surface area (Å²) in [4.78, 5) is 29.1. The lowest BCUT2D eigenvalue weighted by molar-refractivity contribution is -0.122. The molecule has 7 heteroatoms. The topological polar surface area (TPSA) is 88.9 Å². The standard InChI is InChI=1S/C21H23N5O2/c1-3-11-23-20(27)15(2)24-21(28)18-14-26(17-9-5-4-6-10-17)25-19(18)16-8-7-12-22-13-16/h4-10,12-15H,3,11H2,1-2H3,(H,23,27)(H,24,28)/t15-/m1/s1. The second-order valence-electron chi connectivity index (χ2n) is 6.40. The fourth-order valence-corrected chi connectivity index (χ4v) is 2.71. The maximum Gasteiger partial charge on any atom is 0.255 e. The van der Waals surface area contributed by atoms with E-state index in [0.717, 1.165) is 17.7 Å². The van der Waals surface area contributed by atoms with Gasteiger partial charge >= 0.3 is 0 Å². The molecule has 1 aromatic carbocycles. The van der Waals surface area contributed by atoms with Crippen LogP contribution in [0.3, 0.4) is 0 Å². The molecule has 0 radical (unpaired) electrons. The summed E-state index contributed by atoms with van der Waals surface area (Å²) in [7, 11) is 0. The van der Waals surface area contributed by atoms with E-state index in [1.54, 1.807) is 36.3 Å². The van der Waals surface area contributed by atoms with Crippen LogP contribution in [0.5, 0.6) is 0 Å². The molecular weight excluding hydrogens is 354 g/mol. The van der Waals surface area contributed by atoms with Crippen LogP contribution in [0.4, 0.5) is 0 Å². The Labute approximate surface area is 163 Å². The average Bonchev–Trinajstić information content (AvgIpc) is 3.19. The maximum absolute atomic E-state index is 12.9. The number of carbonyl (C=O) groups is 2. The summed E-state index contributed by atoms with van der Waals surface area (Å²) in [6, 6.07) is 12.5. The summed E-state index contributed by atoms with van der Waals surface area (Å²) >= 11 is 0. The van der Waals surface area contributed by atoms with Gasteiger partial charge in [-0.25, -0.2) is 4.68 Å². The Morgan fingerprint density at radius 3 is 2.61 bits per heavy atom. The van der Waals surface area contributed by atoms with Gasteiger partial charge in [-0.2, -0.15) is 5.10 Å². The lowest BCUT2D eigenvalue weighted by Gasteiger charge is -2.13. The molecule has 2 aromatic heterocycles. The average molecular weight is 377 g/mol. The van der Waals surface area contributed by atoms with Crippen LogP contribution in [-0.2, 0) is 4.79 Å². The predicted octanol–water partition coefficient (Wildman–Crippen LogP) is 2.58. The fraction of sp³-hybridized carbons (Fsp3) is 0.238. The lowest BCUT2D eigenvalue weighted by Crippen LogP contribution is -2.45. The second kappa shape index (κ2) is 8.94. The van der Waals surface area contributed by atoms with Crippen molar-refractivity contribution in [3.63, 3.8) is 0 Å². The third kappa shape index (κ3) is 4.43. The first-order valence-electron chi connectivity index (χ1n) is 9.24. The van der Waals surface area contributed by atoms with E-state index in [9.17, 15) is 9.59 Å². The number of hydrogen-bond acceptors (Lipinski definition) is 4. The minimum Gasteiger partial charge on any atom is -0.354 e. The van der Waals surface area contributed by atoms with Crippen molar-refractivity contribution in [2.24, 2.45) is 0 Å². The molecule has 0 saturated heterocycles. The molecule has 0 aliphatic rings. The molecular formula is C21H23N5O2. The molecule has 0 fully saturated rings. The van der Waals surface area contributed by atoms with E-state index in [-0.39, 0.29) is 11.8 Å². The van der Waals surface area contributed by atoms with Gasteiger partial charge in [0.25, 0.3) is 5.91 Å². The van der Waals surface area contributed by atoms with Crippen molar-refractivity contribution >= 4 is 11.8 Å². The highest BCUT2D eigenvalue weighted by Gasteiger charge is 2.22. The molecule has 2 N–H and O–H groups in total. The van der Waals surface area contributed by atoms with Gasteiger partial charge in [0.05, 0.1) is 11.3 Å². The predicted molar refractivity (Wildman–Crippen MR) is 107 cm³/mol. The van der Waals surface area contributed by atoms with Crippen LogP contribution in [-0.4, -0.2) is 39.2 Å². The van der Waals surface area contributed by atoms with E-state index < -0.39 is 6.04 Å². The van der Waals surface area contributed by atoms with Crippen molar-refractivity contribution in [3.05, 3.63) is 66.6 Å². The number of pyridine rings is 1. The first-order valence-corrected chi connectivity index (χ1v) is 9.24. The van der Waals surface area contributed by atoms with Crippen LogP contribution >= 0.6 is 0 Å². The number of rotatable bonds is 7. The SMILES string of the molecule is CCCNC(=O)[C@@H](C)NC(=O)c1cn(-c2ccccc2)nc1-c1cccnc1. The molecule has 0 aliphatic carbocycles. The Kier molecular flexibility index (Phi) is 6.16. The van der Waals surface area contributed by atoms with E-state index in [1.165, 1.54) is 0 Å². The highest BCUT2D eigenvalue weighted by molar-refractivity contribution is 6.01. The Balaban J connectivity index is 1.91. The molecule has 2 amide bonds. The fourth-order valence-electron chi connectivity index (χ4n) is 2.71. The molecule has 0 spiro atoms. The smallest absolute Gasteiger partial charge is 0.255 e. The number of nitrogens with zero attached hydrogens (tertiary/aromatic N) is 3. The molecule has 7 nitrogen and oxygen atoms in total. The lowest BCUT2D eigenvalue weighted by atomic mass is 10.1. The van der Waals surface area contributed by atoms with Crippen LogP contribution < -0.4 is 10.6 Å². The monoisotopic (exact) mass is 377 g/mol. The van der Waals surface area contributed by atoms with Gasteiger partial charge in [0.15, 0.2) is 0 Å². The summed E-state index contributed by atoms with van der Waals surface area (Å²) in [6.07, 6.45) is 5.83. The van der Waals surface area contributed by atoms with Gasteiger partial charge in [0.2, 0.25) is 5.91 Å². The van der Waals surface area contributed by atoms with E-state index in [2.05, 4.69) is 20.7 Å². The molecule has 2 heterocycles. The molecule has 28 heavy (non-hydrogen) atoms. The minimum absolute atomic E-state index is 0.214. The van der Waals surface area contributed by atoms with Crippen LogP contribution in [0.25, 0.3) is 16.9 Å². The molecule has 0 aliphatic heterocycles. The zero-order valence-electron chi connectivity index (χ0n) is 15.9. The molecule has 144 valence electrons. The zero-order valence-corrected chi connectivity index (χ0v) is 15.9. The number of nitrogens with one attached hydrogen (secondary N) is 2. The van der Waals surface area contributed by atoms with Gasteiger partial charge in [-0.1, -0.05) is 25.1 Å². The summed E-state index contributed by atoms with van der Waals surface area (Å²) in [6.45, 7) is 4.21. The Hall–Kier alpha value is -3.48. The van der Waals surface area contributed by atoms with Crippen LogP contribution in [0.1, 0.15) is 30.6 Å². The van der Waals surface area contributed by atoms with E-state index >= 15 is 0 Å². The highest BCUT2D eigenvalue weighted by atomic mass is 16.2. The number of aromatic nitrogens is 3. The van der Waals surface area contributed by atoms with Gasteiger partial charge in [-0.05, 0) is 37.6 Å². The molecule has 1 atom stereocenters. The van der Waals surface area contributed by atoms with Gasteiger partial charge < -0.3 is 10.6 Å². The number of amides is 2. The van der Waals surface area contributed by atoms with Gasteiger partial charge in [0.1, 0.15) is 11.7 Å². The number of hydrogen-bond donors (Lipinski definition) is 2. The first-order chi connectivity index (χ1) is 13.6. The Bertz CT molecular complexity index is 938. The molecule has 3 rings (SSSR count). The summed E-state index contributed by atoms with van der Waals surface area (Å²) in [5, 5.41) is 10.1. The van der Waals surface area contributed by atoms with E-state index in [0.29, 0.717) is 17.8 Å². The van der Waals surface area contributed by atoms with Crippen molar-refractivity contribution in [2.45, 2.75) is 26.3 Å². The number of benzene rings is 1. The van der Waals surface area contributed by atoms with Crippen molar-refractivity contribution < 1.29 is 9.59 Å². The van der Waals surface area contributed by atoms with Gasteiger partial charge in [-0.3, -0.25) is 14.6 Å². The van der Waals surface area contributed by atoms with Gasteiger partial charge in [0, 0.05) is 30.7 Å². The van der Waals surface area contributed by atoms with Crippen LogP contribution in [0, 0.1) is 0 Å². The highest BCUT2D eigenvalue weighted by Crippen LogP contribution is 2.23. The molecule has 0 bridgehead atoms. The Morgan fingerprint density at radius 2 is 1.93 bits per heavy atom.